The summed E-state index contributed by atoms with van der Waals surface area (Å²) in [5.41, 5.74) is 0.336. The van der Waals surface area contributed by atoms with Crippen molar-refractivity contribution < 1.29 is 0 Å². The molecule has 98 valence electrons. The van der Waals surface area contributed by atoms with Crippen LogP contribution >= 0.6 is 0 Å². The van der Waals surface area contributed by atoms with Crippen LogP contribution in [0.3, 0.4) is 0 Å². The molecule has 2 unspecified atom stereocenters. The van der Waals surface area contributed by atoms with Gasteiger partial charge in [0.05, 0.1) is 0 Å². The summed E-state index contributed by atoms with van der Waals surface area (Å²) in [6, 6.07) is 2.53. The third-order valence-corrected chi connectivity index (χ3v) is 4.92. The van der Waals surface area contributed by atoms with Crippen LogP contribution in [-0.2, 0) is 0 Å². The predicted octanol–water partition coefficient (Wildman–Crippen LogP) is 1.30. The lowest BCUT2D eigenvalue weighted by molar-refractivity contribution is 0.0477. The Bertz CT molecular complexity index is 285. The summed E-state index contributed by atoms with van der Waals surface area (Å²) in [7, 11) is 0. The van der Waals surface area contributed by atoms with E-state index in [1.165, 1.54) is 32.4 Å². The van der Waals surface area contributed by atoms with E-state index in [0.29, 0.717) is 5.54 Å². The number of piperazine rings is 1. The zero-order valence-corrected chi connectivity index (χ0v) is 11.6. The molecule has 3 heteroatoms. The minimum absolute atomic E-state index is 0.336. The maximum absolute atomic E-state index is 3.53. The molecule has 1 saturated carbocycles. The van der Waals surface area contributed by atoms with Crippen LogP contribution in [0.5, 0.6) is 0 Å². The van der Waals surface area contributed by atoms with Gasteiger partial charge >= 0.3 is 0 Å². The van der Waals surface area contributed by atoms with Crippen LogP contribution in [0, 0.1) is 0 Å². The van der Waals surface area contributed by atoms with Gasteiger partial charge in [-0.15, -0.1) is 0 Å². The highest BCUT2D eigenvalue weighted by Crippen LogP contribution is 2.36. The van der Waals surface area contributed by atoms with E-state index in [2.05, 4.69) is 35.9 Å². The van der Waals surface area contributed by atoms with Crippen molar-refractivity contribution in [2.75, 3.05) is 26.2 Å². The van der Waals surface area contributed by atoms with Gasteiger partial charge < -0.3 is 5.32 Å². The molecule has 0 aromatic heterocycles. The van der Waals surface area contributed by atoms with Gasteiger partial charge in [-0.25, -0.2) is 0 Å². The van der Waals surface area contributed by atoms with Crippen molar-refractivity contribution in [3.05, 3.63) is 0 Å². The van der Waals surface area contributed by atoms with E-state index in [9.17, 15) is 0 Å². The fourth-order valence-corrected chi connectivity index (χ4v) is 3.84. The van der Waals surface area contributed by atoms with Crippen LogP contribution in [0.1, 0.15) is 40.0 Å². The molecule has 1 N–H and O–H groups in total. The molecule has 17 heavy (non-hydrogen) atoms. The van der Waals surface area contributed by atoms with Crippen LogP contribution in [0.25, 0.3) is 0 Å². The lowest BCUT2D eigenvalue weighted by Gasteiger charge is -2.46. The molecule has 1 aliphatic carbocycles. The van der Waals surface area contributed by atoms with Gasteiger partial charge in [0, 0.05) is 49.8 Å². The predicted molar refractivity (Wildman–Crippen MR) is 71.2 cm³/mol. The monoisotopic (exact) mass is 237 g/mol. The summed E-state index contributed by atoms with van der Waals surface area (Å²) in [6.45, 7) is 12.1. The Hall–Kier alpha value is -0.120. The van der Waals surface area contributed by atoms with Crippen molar-refractivity contribution in [1.29, 1.82) is 0 Å². The molecule has 2 aliphatic heterocycles. The summed E-state index contributed by atoms with van der Waals surface area (Å²) in [6.07, 6.45) is 4.27. The highest BCUT2D eigenvalue weighted by atomic mass is 15.3. The van der Waals surface area contributed by atoms with Crippen molar-refractivity contribution in [3.8, 4) is 0 Å². The van der Waals surface area contributed by atoms with Gasteiger partial charge in [0.1, 0.15) is 0 Å². The maximum atomic E-state index is 3.53. The second-order valence-electron chi connectivity index (χ2n) is 6.85. The summed E-state index contributed by atoms with van der Waals surface area (Å²) in [5.74, 6) is 0. The van der Waals surface area contributed by atoms with Gasteiger partial charge in [-0.1, -0.05) is 0 Å². The lowest BCUT2D eigenvalue weighted by atomic mass is 9.96. The fourth-order valence-electron chi connectivity index (χ4n) is 3.84. The molecule has 2 saturated heterocycles. The van der Waals surface area contributed by atoms with Gasteiger partial charge in [-0.3, -0.25) is 9.80 Å². The third-order valence-electron chi connectivity index (χ3n) is 4.92. The van der Waals surface area contributed by atoms with Gasteiger partial charge in [0.2, 0.25) is 0 Å². The van der Waals surface area contributed by atoms with Crippen molar-refractivity contribution in [3.63, 3.8) is 0 Å². The first-order chi connectivity index (χ1) is 8.08. The first-order valence-electron chi connectivity index (χ1n) is 7.31. The molecular weight excluding hydrogens is 210 g/mol. The summed E-state index contributed by atoms with van der Waals surface area (Å²) < 4.78 is 0. The SMILES string of the molecule is CC1CC(N2CCNCC2(C)C)CN1C1CC1. The van der Waals surface area contributed by atoms with Crippen LogP contribution in [-0.4, -0.2) is 59.6 Å². The first-order valence-corrected chi connectivity index (χ1v) is 7.31. The zero-order chi connectivity index (χ0) is 12.0. The minimum atomic E-state index is 0.336. The van der Waals surface area contributed by atoms with Crippen molar-refractivity contribution in [1.82, 2.24) is 15.1 Å². The van der Waals surface area contributed by atoms with Gasteiger partial charge in [0.15, 0.2) is 0 Å². The van der Waals surface area contributed by atoms with Gasteiger partial charge in [0.25, 0.3) is 0 Å². The van der Waals surface area contributed by atoms with E-state index in [0.717, 1.165) is 31.2 Å². The molecule has 0 spiro atoms. The quantitative estimate of drug-likeness (QED) is 0.781. The third kappa shape index (κ3) is 2.25. The molecule has 0 radical (unpaired) electrons. The molecule has 0 aromatic rings. The maximum Gasteiger partial charge on any atom is 0.0281 e. The highest BCUT2D eigenvalue weighted by Gasteiger charge is 2.44. The second-order valence-corrected chi connectivity index (χ2v) is 6.85. The smallest absolute Gasteiger partial charge is 0.0281 e. The van der Waals surface area contributed by atoms with Crippen molar-refractivity contribution in [2.45, 2.75) is 63.7 Å². The Labute approximate surface area is 106 Å². The van der Waals surface area contributed by atoms with E-state index in [1.54, 1.807) is 0 Å². The average Bonchev–Trinajstić information content (AvgIpc) is 3.02. The van der Waals surface area contributed by atoms with Crippen LogP contribution in [0.4, 0.5) is 0 Å². The standard InChI is InChI=1S/C14H27N3/c1-11-8-13(9-16(11)12-4-5-12)17-7-6-15-10-14(17,2)3/h11-13,15H,4-10H2,1-3H3. The largest absolute Gasteiger partial charge is 0.314 e. The van der Waals surface area contributed by atoms with E-state index >= 15 is 0 Å². The molecule has 0 bridgehead atoms. The number of rotatable bonds is 2. The molecule has 3 rings (SSSR count). The topological polar surface area (TPSA) is 18.5 Å². The summed E-state index contributed by atoms with van der Waals surface area (Å²) in [4.78, 5) is 5.53. The summed E-state index contributed by atoms with van der Waals surface area (Å²) in [5, 5.41) is 3.53. The molecular formula is C14H27N3. The second kappa shape index (κ2) is 4.22. The lowest BCUT2D eigenvalue weighted by Crippen LogP contribution is -2.61. The fraction of sp³-hybridized carbons (Fsp3) is 1.00. The molecule has 3 fully saturated rings. The van der Waals surface area contributed by atoms with Crippen LogP contribution in [0.15, 0.2) is 0 Å². The molecule has 2 atom stereocenters. The number of hydrogen-bond donors (Lipinski definition) is 1. The highest BCUT2D eigenvalue weighted by molar-refractivity contribution is 5.01. The number of nitrogens with one attached hydrogen (secondary N) is 1. The summed E-state index contributed by atoms with van der Waals surface area (Å²) >= 11 is 0. The van der Waals surface area contributed by atoms with Gasteiger partial charge in [-0.05, 0) is 40.0 Å². The molecule has 3 aliphatic rings. The van der Waals surface area contributed by atoms with Crippen LogP contribution in [0.2, 0.25) is 0 Å². The van der Waals surface area contributed by atoms with E-state index in [1.807, 2.05) is 0 Å². The minimum Gasteiger partial charge on any atom is -0.314 e. The van der Waals surface area contributed by atoms with E-state index in [-0.39, 0.29) is 0 Å². The van der Waals surface area contributed by atoms with Crippen molar-refractivity contribution in [2.24, 2.45) is 0 Å². The van der Waals surface area contributed by atoms with Crippen molar-refractivity contribution >= 4 is 0 Å². The number of hydrogen-bond acceptors (Lipinski definition) is 3. The Morgan fingerprint density at radius 2 is 1.94 bits per heavy atom. The normalized spacial score (nSPS) is 39.7. The first kappa shape index (κ1) is 11.9. The molecule has 0 amide bonds. The molecule has 3 nitrogen and oxygen atoms in total. The number of likely N-dealkylation sites (tertiary alicyclic amines) is 1. The Kier molecular flexibility index (Phi) is 2.96. The van der Waals surface area contributed by atoms with Gasteiger partial charge in [-0.2, -0.15) is 0 Å². The zero-order valence-electron chi connectivity index (χ0n) is 11.6. The molecule has 0 aromatic carbocycles. The average molecular weight is 237 g/mol. The van der Waals surface area contributed by atoms with E-state index in [4.69, 9.17) is 0 Å². The Morgan fingerprint density at radius 1 is 1.18 bits per heavy atom. The van der Waals surface area contributed by atoms with E-state index < -0.39 is 0 Å². The Morgan fingerprint density at radius 3 is 2.59 bits per heavy atom. The Balaban J connectivity index is 1.68. The number of nitrogens with zero attached hydrogens (tertiary/aromatic N) is 2. The van der Waals surface area contributed by atoms with Crippen LogP contribution < -0.4 is 5.32 Å². The molecule has 2 heterocycles.